The fourth-order valence-electron chi connectivity index (χ4n) is 2.77. The zero-order valence-electron chi connectivity index (χ0n) is 13.6. The number of thiazole rings is 1. The molecular formula is C20H14N2O2S2. The van der Waals surface area contributed by atoms with Crippen molar-refractivity contribution in [2.24, 2.45) is 4.99 Å². The SMILES string of the molecule is O=C1N=c2ccccc2=C/C1=C\c1sc(=S)n(Cc2ccccc2)c1O. The first-order valence-corrected chi connectivity index (χ1v) is 9.22. The summed E-state index contributed by atoms with van der Waals surface area (Å²) in [7, 11) is 0. The Bertz CT molecular complexity index is 1200. The lowest BCUT2D eigenvalue weighted by Gasteiger charge is -2.05. The number of benzene rings is 2. The minimum atomic E-state index is -0.322. The van der Waals surface area contributed by atoms with E-state index >= 15 is 0 Å². The molecule has 0 radical (unpaired) electrons. The van der Waals surface area contributed by atoms with Crippen molar-refractivity contribution < 1.29 is 9.90 Å². The van der Waals surface area contributed by atoms with Crippen LogP contribution in [0.5, 0.6) is 5.88 Å². The van der Waals surface area contributed by atoms with Gasteiger partial charge in [0.25, 0.3) is 5.91 Å². The highest BCUT2D eigenvalue weighted by Gasteiger charge is 2.15. The van der Waals surface area contributed by atoms with Crippen LogP contribution in [0, 0.1) is 3.95 Å². The predicted molar refractivity (Wildman–Crippen MR) is 105 cm³/mol. The van der Waals surface area contributed by atoms with Crippen LogP contribution in [0.25, 0.3) is 12.2 Å². The third kappa shape index (κ3) is 3.16. The van der Waals surface area contributed by atoms with Crippen LogP contribution in [-0.2, 0) is 11.3 Å². The molecule has 0 atom stereocenters. The van der Waals surface area contributed by atoms with Gasteiger partial charge < -0.3 is 5.11 Å². The van der Waals surface area contributed by atoms with E-state index in [1.807, 2.05) is 48.5 Å². The van der Waals surface area contributed by atoms with Gasteiger partial charge in [0.1, 0.15) is 0 Å². The summed E-state index contributed by atoms with van der Waals surface area (Å²) in [6.07, 6.45) is 3.44. The van der Waals surface area contributed by atoms with Gasteiger partial charge >= 0.3 is 0 Å². The molecule has 0 aliphatic carbocycles. The van der Waals surface area contributed by atoms with Gasteiger partial charge in [-0.05, 0) is 36.0 Å². The Morgan fingerprint density at radius 3 is 2.65 bits per heavy atom. The molecular weight excluding hydrogens is 364 g/mol. The molecule has 0 spiro atoms. The second-order valence-corrected chi connectivity index (χ2v) is 7.52. The van der Waals surface area contributed by atoms with Gasteiger partial charge in [0.2, 0.25) is 5.88 Å². The monoisotopic (exact) mass is 378 g/mol. The number of rotatable bonds is 3. The Balaban J connectivity index is 1.75. The highest BCUT2D eigenvalue weighted by atomic mass is 32.1. The third-order valence-electron chi connectivity index (χ3n) is 4.08. The van der Waals surface area contributed by atoms with Gasteiger partial charge in [-0.15, -0.1) is 11.3 Å². The summed E-state index contributed by atoms with van der Waals surface area (Å²) in [6, 6.07) is 17.2. The molecule has 1 amide bonds. The van der Waals surface area contributed by atoms with Crippen molar-refractivity contribution in [2.45, 2.75) is 6.54 Å². The van der Waals surface area contributed by atoms with Crippen molar-refractivity contribution in [1.82, 2.24) is 4.57 Å². The number of hydrogen-bond acceptors (Lipinski definition) is 4. The maximum absolute atomic E-state index is 12.3. The molecule has 26 heavy (non-hydrogen) atoms. The van der Waals surface area contributed by atoms with E-state index in [0.29, 0.717) is 26.3 Å². The van der Waals surface area contributed by atoms with E-state index in [1.165, 1.54) is 11.3 Å². The molecule has 6 heteroatoms. The first-order chi connectivity index (χ1) is 12.6. The molecule has 2 aromatic carbocycles. The van der Waals surface area contributed by atoms with Gasteiger partial charge in [-0.2, -0.15) is 0 Å². The number of hydrogen-bond donors (Lipinski definition) is 1. The Hall–Kier alpha value is -2.83. The van der Waals surface area contributed by atoms with Gasteiger partial charge in [0.15, 0.2) is 3.95 Å². The van der Waals surface area contributed by atoms with Crippen molar-refractivity contribution in [2.75, 3.05) is 0 Å². The maximum Gasteiger partial charge on any atom is 0.277 e. The van der Waals surface area contributed by atoms with Crippen LogP contribution in [0.3, 0.4) is 0 Å². The predicted octanol–water partition coefficient (Wildman–Crippen LogP) is 3.06. The van der Waals surface area contributed by atoms with E-state index in [9.17, 15) is 9.90 Å². The van der Waals surface area contributed by atoms with Gasteiger partial charge in [0.05, 0.1) is 16.8 Å². The normalized spacial score (nSPS) is 14.6. The molecule has 1 aliphatic rings. The second kappa shape index (κ2) is 6.82. The van der Waals surface area contributed by atoms with Crippen molar-refractivity contribution >= 4 is 41.6 Å². The van der Waals surface area contributed by atoms with Gasteiger partial charge in [-0.3, -0.25) is 9.36 Å². The number of carbonyl (C=O) groups excluding carboxylic acids is 1. The van der Waals surface area contributed by atoms with Crippen LogP contribution in [0.4, 0.5) is 0 Å². The largest absolute Gasteiger partial charge is 0.493 e. The van der Waals surface area contributed by atoms with Gasteiger partial charge in [0, 0.05) is 10.8 Å². The van der Waals surface area contributed by atoms with Gasteiger partial charge in [-0.25, -0.2) is 4.99 Å². The second-order valence-electron chi connectivity index (χ2n) is 5.85. The maximum atomic E-state index is 12.3. The molecule has 0 fully saturated rings. The molecule has 4 nitrogen and oxygen atoms in total. The Kier molecular flexibility index (Phi) is 4.36. The molecule has 0 saturated carbocycles. The number of para-hydroxylation sites is 1. The minimum absolute atomic E-state index is 0.0661. The quantitative estimate of drug-likeness (QED) is 0.563. The zero-order valence-corrected chi connectivity index (χ0v) is 15.3. The molecule has 0 bridgehead atoms. The van der Waals surface area contributed by atoms with Crippen LogP contribution in [-0.4, -0.2) is 15.6 Å². The zero-order chi connectivity index (χ0) is 18.1. The topological polar surface area (TPSA) is 54.6 Å². The minimum Gasteiger partial charge on any atom is -0.493 e. The van der Waals surface area contributed by atoms with Gasteiger partial charge in [-0.1, -0.05) is 48.5 Å². The smallest absolute Gasteiger partial charge is 0.277 e. The lowest BCUT2D eigenvalue weighted by atomic mass is 10.1. The summed E-state index contributed by atoms with van der Waals surface area (Å²) in [5.74, 6) is -0.256. The van der Waals surface area contributed by atoms with Crippen LogP contribution < -0.4 is 10.6 Å². The van der Waals surface area contributed by atoms with E-state index in [2.05, 4.69) is 4.99 Å². The number of carbonyl (C=O) groups is 1. The van der Waals surface area contributed by atoms with Crippen molar-refractivity contribution in [3.05, 3.63) is 85.1 Å². The van der Waals surface area contributed by atoms with E-state index < -0.39 is 0 Å². The Morgan fingerprint density at radius 1 is 1.12 bits per heavy atom. The Morgan fingerprint density at radius 2 is 1.85 bits per heavy atom. The number of amides is 1. The average Bonchev–Trinajstić information content (AvgIpc) is 2.91. The van der Waals surface area contributed by atoms with E-state index in [-0.39, 0.29) is 11.8 Å². The van der Waals surface area contributed by atoms with Crippen LogP contribution in [0.2, 0.25) is 0 Å². The molecule has 1 aromatic heterocycles. The van der Waals surface area contributed by atoms with Crippen molar-refractivity contribution in [3.8, 4) is 5.88 Å². The number of fused-ring (bicyclic) bond motifs is 1. The standard InChI is InChI=1S/C20H14N2O2S2/c23-18-15(10-14-8-4-5-9-16(14)21-18)11-17-19(24)22(20(25)26-17)12-13-6-2-1-3-7-13/h1-11,24H,12H2/b15-11+. The van der Waals surface area contributed by atoms with Crippen LogP contribution in [0.1, 0.15) is 10.4 Å². The molecule has 1 aliphatic heterocycles. The van der Waals surface area contributed by atoms with Crippen molar-refractivity contribution in [1.29, 1.82) is 0 Å². The van der Waals surface area contributed by atoms with E-state index in [0.717, 1.165) is 10.8 Å². The summed E-state index contributed by atoms with van der Waals surface area (Å²) in [5.41, 5.74) is 1.47. The summed E-state index contributed by atoms with van der Waals surface area (Å²) in [5, 5.41) is 12.1. The highest BCUT2D eigenvalue weighted by Crippen LogP contribution is 2.29. The first kappa shape index (κ1) is 16.6. The fraction of sp³-hybridized carbons (Fsp3) is 0.0500. The Labute approximate surface area is 158 Å². The molecule has 1 N–H and O–H groups in total. The number of aromatic hydroxyl groups is 1. The molecule has 128 valence electrons. The summed E-state index contributed by atoms with van der Waals surface area (Å²) in [4.78, 5) is 16.9. The molecule has 2 heterocycles. The molecule has 3 aromatic rings. The highest BCUT2D eigenvalue weighted by molar-refractivity contribution is 7.73. The van der Waals surface area contributed by atoms with Crippen LogP contribution in [0.15, 0.2) is 65.2 Å². The third-order valence-corrected chi connectivity index (χ3v) is 5.47. The number of nitrogens with zero attached hydrogens (tertiary/aromatic N) is 2. The fourth-order valence-corrected chi connectivity index (χ4v) is 4.03. The summed E-state index contributed by atoms with van der Waals surface area (Å²) < 4.78 is 2.22. The first-order valence-electron chi connectivity index (χ1n) is 8.00. The molecule has 4 rings (SSSR count). The molecule has 0 saturated heterocycles. The number of aromatic nitrogens is 1. The van der Waals surface area contributed by atoms with Crippen molar-refractivity contribution in [3.63, 3.8) is 0 Å². The van der Waals surface area contributed by atoms with E-state index in [4.69, 9.17) is 12.2 Å². The summed E-state index contributed by atoms with van der Waals surface area (Å²) >= 11 is 6.67. The summed E-state index contributed by atoms with van der Waals surface area (Å²) in [6.45, 7) is 0.482. The van der Waals surface area contributed by atoms with Crippen LogP contribution >= 0.6 is 23.6 Å². The molecule has 0 unspecified atom stereocenters. The average molecular weight is 378 g/mol. The lowest BCUT2D eigenvalue weighted by molar-refractivity contribution is -0.114. The lowest BCUT2D eigenvalue weighted by Crippen LogP contribution is -2.29. The van der Waals surface area contributed by atoms with E-state index in [1.54, 1.807) is 22.8 Å².